The van der Waals surface area contributed by atoms with Gasteiger partial charge in [0.2, 0.25) is 0 Å². The van der Waals surface area contributed by atoms with Crippen molar-refractivity contribution in [3.63, 3.8) is 0 Å². The SMILES string of the molecule is Cc1c(Br)cccc1C(Cc1ccc(Cl)c(Cl)c1)NN. The van der Waals surface area contributed by atoms with Gasteiger partial charge < -0.3 is 0 Å². The van der Waals surface area contributed by atoms with Crippen molar-refractivity contribution in [1.82, 2.24) is 5.43 Å². The summed E-state index contributed by atoms with van der Waals surface area (Å²) in [7, 11) is 0. The molecule has 1 atom stereocenters. The number of rotatable bonds is 4. The Morgan fingerprint density at radius 2 is 1.95 bits per heavy atom. The van der Waals surface area contributed by atoms with Gasteiger partial charge in [-0.1, -0.05) is 57.3 Å². The normalized spacial score (nSPS) is 12.4. The summed E-state index contributed by atoms with van der Waals surface area (Å²) in [4.78, 5) is 0. The average Bonchev–Trinajstić information content (AvgIpc) is 2.43. The van der Waals surface area contributed by atoms with Gasteiger partial charge in [0, 0.05) is 4.47 Å². The average molecular weight is 374 g/mol. The summed E-state index contributed by atoms with van der Waals surface area (Å²) in [6, 6.07) is 11.8. The van der Waals surface area contributed by atoms with Crippen LogP contribution in [0.25, 0.3) is 0 Å². The first kappa shape index (κ1) is 15.8. The van der Waals surface area contributed by atoms with E-state index in [0.717, 1.165) is 22.0 Å². The van der Waals surface area contributed by atoms with Crippen molar-refractivity contribution in [2.45, 2.75) is 19.4 Å². The number of hydrazine groups is 1. The van der Waals surface area contributed by atoms with Gasteiger partial charge in [0.05, 0.1) is 16.1 Å². The van der Waals surface area contributed by atoms with Crippen molar-refractivity contribution in [1.29, 1.82) is 0 Å². The van der Waals surface area contributed by atoms with E-state index in [1.807, 2.05) is 24.3 Å². The van der Waals surface area contributed by atoms with E-state index in [1.54, 1.807) is 6.07 Å². The van der Waals surface area contributed by atoms with Gasteiger partial charge in [-0.3, -0.25) is 11.3 Å². The van der Waals surface area contributed by atoms with Crippen molar-refractivity contribution < 1.29 is 0 Å². The third-order valence-electron chi connectivity index (χ3n) is 3.31. The fourth-order valence-corrected chi connectivity index (χ4v) is 2.86. The van der Waals surface area contributed by atoms with Crippen LogP contribution in [0.3, 0.4) is 0 Å². The van der Waals surface area contributed by atoms with Gasteiger partial charge >= 0.3 is 0 Å². The van der Waals surface area contributed by atoms with E-state index in [9.17, 15) is 0 Å². The minimum absolute atomic E-state index is 0.0183. The molecule has 1 unspecified atom stereocenters. The maximum Gasteiger partial charge on any atom is 0.0595 e. The summed E-state index contributed by atoms with van der Waals surface area (Å²) < 4.78 is 1.07. The third kappa shape index (κ3) is 3.54. The van der Waals surface area contributed by atoms with E-state index in [0.29, 0.717) is 10.0 Å². The van der Waals surface area contributed by atoms with Crippen molar-refractivity contribution in [3.05, 3.63) is 67.6 Å². The molecule has 0 radical (unpaired) electrons. The van der Waals surface area contributed by atoms with E-state index in [2.05, 4.69) is 34.3 Å². The molecule has 20 heavy (non-hydrogen) atoms. The number of benzene rings is 2. The van der Waals surface area contributed by atoms with E-state index in [4.69, 9.17) is 29.0 Å². The molecular formula is C15H15BrCl2N2. The first-order chi connectivity index (χ1) is 9.52. The second kappa shape index (κ2) is 6.92. The molecule has 0 bridgehead atoms. The van der Waals surface area contributed by atoms with Crippen molar-refractivity contribution in [2.24, 2.45) is 5.84 Å². The lowest BCUT2D eigenvalue weighted by molar-refractivity contribution is 0.549. The van der Waals surface area contributed by atoms with Crippen LogP contribution in [0.1, 0.15) is 22.7 Å². The maximum absolute atomic E-state index is 6.05. The second-order valence-corrected chi connectivity index (χ2v) is 6.29. The van der Waals surface area contributed by atoms with Crippen LogP contribution in [0, 0.1) is 6.92 Å². The summed E-state index contributed by atoms with van der Waals surface area (Å²) in [6.07, 6.45) is 0.741. The van der Waals surface area contributed by atoms with Gasteiger partial charge in [-0.15, -0.1) is 0 Å². The largest absolute Gasteiger partial charge is 0.271 e. The molecule has 106 valence electrons. The fourth-order valence-electron chi connectivity index (χ4n) is 2.16. The molecule has 0 spiro atoms. The molecule has 2 rings (SSSR count). The third-order valence-corrected chi connectivity index (χ3v) is 4.91. The molecule has 3 N–H and O–H groups in total. The smallest absolute Gasteiger partial charge is 0.0595 e. The summed E-state index contributed by atoms with van der Waals surface area (Å²) >= 11 is 15.5. The number of halogens is 3. The number of nitrogens with two attached hydrogens (primary N) is 1. The lowest BCUT2D eigenvalue weighted by Crippen LogP contribution is -2.30. The number of nitrogens with one attached hydrogen (secondary N) is 1. The first-order valence-electron chi connectivity index (χ1n) is 6.18. The highest BCUT2D eigenvalue weighted by atomic mass is 79.9. The molecule has 2 aromatic rings. The molecule has 0 heterocycles. The summed E-state index contributed by atoms with van der Waals surface area (Å²) in [5.41, 5.74) is 6.29. The van der Waals surface area contributed by atoms with Gasteiger partial charge in [0.1, 0.15) is 0 Å². The molecule has 0 fully saturated rings. The lowest BCUT2D eigenvalue weighted by Gasteiger charge is -2.19. The molecule has 0 aliphatic carbocycles. The Balaban J connectivity index is 2.28. The highest BCUT2D eigenvalue weighted by Crippen LogP contribution is 2.28. The molecule has 0 aliphatic heterocycles. The number of hydrogen-bond acceptors (Lipinski definition) is 2. The zero-order chi connectivity index (χ0) is 14.7. The molecule has 0 saturated heterocycles. The number of hydrogen-bond donors (Lipinski definition) is 2. The second-order valence-electron chi connectivity index (χ2n) is 4.63. The lowest BCUT2D eigenvalue weighted by atomic mass is 9.96. The topological polar surface area (TPSA) is 38.0 Å². The Bertz CT molecular complexity index is 617. The zero-order valence-corrected chi connectivity index (χ0v) is 14.1. The van der Waals surface area contributed by atoms with Gasteiger partial charge in [-0.25, -0.2) is 0 Å². The standard InChI is InChI=1S/C15H15BrCl2N2/c1-9-11(3-2-4-12(9)16)15(20-19)8-10-5-6-13(17)14(18)7-10/h2-7,15,20H,8,19H2,1H3. The fraction of sp³-hybridized carbons (Fsp3) is 0.200. The molecule has 2 aromatic carbocycles. The predicted molar refractivity (Wildman–Crippen MR) is 89.1 cm³/mol. The highest BCUT2D eigenvalue weighted by molar-refractivity contribution is 9.10. The highest BCUT2D eigenvalue weighted by Gasteiger charge is 2.14. The summed E-state index contributed by atoms with van der Waals surface area (Å²) in [5.74, 6) is 5.72. The Morgan fingerprint density at radius 3 is 2.60 bits per heavy atom. The maximum atomic E-state index is 6.05. The van der Waals surface area contributed by atoms with E-state index in [1.165, 1.54) is 5.56 Å². The van der Waals surface area contributed by atoms with Crippen LogP contribution in [-0.2, 0) is 6.42 Å². The predicted octanol–water partition coefficient (Wildman–Crippen LogP) is 4.81. The molecule has 0 amide bonds. The van der Waals surface area contributed by atoms with E-state index >= 15 is 0 Å². The van der Waals surface area contributed by atoms with E-state index < -0.39 is 0 Å². The molecule has 0 aromatic heterocycles. The first-order valence-corrected chi connectivity index (χ1v) is 7.73. The summed E-state index contributed by atoms with van der Waals surface area (Å²) in [5, 5.41) is 1.12. The van der Waals surface area contributed by atoms with Crippen LogP contribution in [0.2, 0.25) is 10.0 Å². The minimum Gasteiger partial charge on any atom is -0.271 e. The monoisotopic (exact) mass is 372 g/mol. The van der Waals surface area contributed by atoms with Crippen molar-refractivity contribution in [3.8, 4) is 0 Å². The molecule has 2 nitrogen and oxygen atoms in total. The zero-order valence-electron chi connectivity index (χ0n) is 11.0. The van der Waals surface area contributed by atoms with Gasteiger partial charge in [0.25, 0.3) is 0 Å². The van der Waals surface area contributed by atoms with Gasteiger partial charge in [-0.2, -0.15) is 0 Å². The van der Waals surface area contributed by atoms with Crippen LogP contribution in [0.5, 0.6) is 0 Å². The van der Waals surface area contributed by atoms with Crippen LogP contribution >= 0.6 is 39.1 Å². The van der Waals surface area contributed by atoms with Crippen LogP contribution in [0.15, 0.2) is 40.9 Å². The van der Waals surface area contributed by atoms with Crippen LogP contribution < -0.4 is 11.3 Å². The molecule has 0 saturated carbocycles. The van der Waals surface area contributed by atoms with E-state index in [-0.39, 0.29) is 6.04 Å². The Labute approximate surface area is 137 Å². The Kier molecular flexibility index (Phi) is 5.47. The van der Waals surface area contributed by atoms with Crippen molar-refractivity contribution in [2.75, 3.05) is 0 Å². The summed E-state index contributed by atoms with van der Waals surface area (Å²) in [6.45, 7) is 2.07. The Hall–Kier alpha value is -0.580. The van der Waals surface area contributed by atoms with Gasteiger partial charge in [0.15, 0.2) is 0 Å². The minimum atomic E-state index is 0.0183. The van der Waals surface area contributed by atoms with Crippen molar-refractivity contribution >= 4 is 39.1 Å². The molecular weight excluding hydrogens is 359 g/mol. The van der Waals surface area contributed by atoms with Crippen LogP contribution in [-0.4, -0.2) is 0 Å². The molecule has 5 heteroatoms. The molecule has 0 aliphatic rings. The van der Waals surface area contributed by atoms with Gasteiger partial charge in [-0.05, 0) is 48.2 Å². The quantitative estimate of drug-likeness (QED) is 0.596. The Morgan fingerprint density at radius 1 is 1.20 bits per heavy atom. The van der Waals surface area contributed by atoms with Crippen LogP contribution in [0.4, 0.5) is 0 Å².